The topological polar surface area (TPSA) is 23.5 Å². The number of rotatable bonds is 1. The van der Waals surface area contributed by atoms with Crippen molar-refractivity contribution in [3.8, 4) is 0 Å². The van der Waals surface area contributed by atoms with E-state index in [1.54, 1.807) is 0 Å². The second-order valence-corrected chi connectivity index (χ2v) is 6.10. The predicted molar refractivity (Wildman–Crippen MR) is 72.3 cm³/mol. The Balaban J connectivity index is 2.04. The van der Waals surface area contributed by atoms with E-state index in [0.29, 0.717) is 0 Å². The van der Waals surface area contributed by atoms with Gasteiger partial charge in [-0.2, -0.15) is 0 Å². The van der Waals surface area contributed by atoms with Crippen molar-refractivity contribution < 1.29 is 5.11 Å². The van der Waals surface area contributed by atoms with Gasteiger partial charge in [-0.1, -0.05) is 39.0 Å². The Bertz CT molecular complexity index is 358. The van der Waals surface area contributed by atoms with Crippen LogP contribution in [0.4, 0.5) is 5.69 Å². The van der Waals surface area contributed by atoms with Crippen molar-refractivity contribution in [2.24, 2.45) is 5.41 Å². The molecule has 94 valence electrons. The van der Waals surface area contributed by atoms with Crippen LogP contribution in [0.1, 0.15) is 33.6 Å². The average Bonchev–Trinajstić information content (AvgIpc) is 2.30. The van der Waals surface area contributed by atoms with Gasteiger partial charge in [0, 0.05) is 18.8 Å². The summed E-state index contributed by atoms with van der Waals surface area (Å²) >= 11 is 0. The molecule has 0 bridgehead atoms. The van der Waals surface area contributed by atoms with Crippen LogP contribution in [0.25, 0.3) is 0 Å². The lowest BCUT2D eigenvalue weighted by atomic mass is 9.71. The molecule has 0 atom stereocenters. The number of piperidine rings is 1. The number of aliphatic hydroxyl groups is 1. The first-order chi connectivity index (χ1) is 7.92. The second kappa shape index (κ2) is 4.34. The van der Waals surface area contributed by atoms with E-state index in [1.165, 1.54) is 5.69 Å². The summed E-state index contributed by atoms with van der Waals surface area (Å²) < 4.78 is 0. The molecule has 1 fully saturated rings. The Hall–Kier alpha value is -1.02. The van der Waals surface area contributed by atoms with Gasteiger partial charge in [-0.3, -0.25) is 0 Å². The van der Waals surface area contributed by atoms with Gasteiger partial charge in [0.25, 0.3) is 0 Å². The quantitative estimate of drug-likeness (QED) is 0.806. The third-order valence-corrected chi connectivity index (χ3v) is 4.11. The molecule has 1 aliphatic heterocycles. The molecule has 1 N–H and O–H groups in total. The zero-order valence-electron chi connectivity index (χ0n) is 11.1. The molecule has 1 aromatic rings. The van der Waals surface area contributed by atoms with Crippen LogP contribution < -0.4 is 4.90 Å². The Morgan fingerprint density at radius 1 is 1.06 bits per heavy atom. The summed E-state index contributed by atoms with van der Waals surface area (Å²) in [5.41, 5.74) is 0.720. The predicted octanol–water partition coefficient (Wildman–Crippen LogP) is 3.06. The standard InChI is InChI=1S/C15H23NO/c1-14(2,3)15(17)9-11-16(12-10-15)13-7-5-4-6-8-13/h4-8,17H,9-12H2,1-3H3. The molecule has 0 amide bonds. The van der Waals surface area contributed by atoms with Gasteiger partial charge in [0.15, 0.2) is 0 Å². The van der Waals surface area contributed by atoms with Crippen molar-refractivity contribution in [3.05, 3.63) is 30.3 Å². The first kappa shape index (κ1) is 12.4. The SMILES string of the molecule is CC(C)(C)C1(O)CCN(c2ccccc2)CC1. The first-order valence-electron chi connectivity index (χ1n) is 6.45. The summed E-state index contributed by atoms with van der Waals surface area (Å²) in [6.07, 6.45) is 1.71. The normalized spacial score (nSPS) is 20.4. The second-order valence-electron chi connectivity index (χ2n) is 6.10. The van der Waals surface area contributed by atoms with E-state index in [1.807, 2.05) is 6.07 Å². The number of para-hydroxylation sites is 1. The summed E-state index contributed by atoms with van der Waals surface area (Å²) in [6.45, 7) is 8.27. The van der Waals surface area contributed by atoms with Crippen molar-refractivity contribution >= 4 is 5.69 Å². The lowest BCUT2D eigenvalue weighted by Gasteiger charge is -2.46. The molecule has 1 heterocycles. The van der Waals surface area contributed by atoms with Crippen LogP contribution in [-0.4, -0.2) is 23.8 Å². The van der Waals surface area contributed by atoms with E-state index in [9.17, 15) is 5.11 Å². The lowest BCUT2D eigenvalue weighted by molar-refractivity contribution is -0.0754. The molecular weight excluding hydrogens is 210 g/mol. The van der Waals surface area contributed by atoms with Crippen molar-refractivity contribution in [1.82, 2.24) is 0 Å². The third-order valence-electron chi connectivity index (χ3n) is 4.11. The van der Waals surface area contributed by atoms with Crippen molar-refractivity contribution in [2.75, 3.05) is 18.0 Å². The van der Waals surface area contributed by atoms with Crippen molar-refractivity contribution in [1.29, 1.82) is 0 Å². The fourth-order valence-electron chi connectivity index (χ4n) is 2.52. The minimum atomic E-state index is -0.516. The molecule has 17 heavy (non-hydrogen) atoms. The molecule has 0 radical (unpaired) electrons. The maximum absolute atomic E-state index is 10.6. The van der Waals surface area contributed by atoms with Crippen LogP contribution in [-0.2, 0) is 0 Å². The van der Waals surface area contributed by atoms with Gasteiger partial charge in [-0.05, 0) is 30.4 Å². The maximum Gasteiger partial charge on any atom is 0.0729 e. The summed E-state index contributed by atoms with van der Waals surface area (Å²) in [5.74, 6) is 0. The van der Waals surface area contributed by atoms with Crippen molar-refractivity contribution in [2.45, 2.75) is 39.2 Å². The van der Waals surface area contributed by atoms with Gasteiger partial charge < -0.3 is 10.0 Å². The highest BCUT2D eigenvalue weighted by Gasteiger charge is 2.42. The van der Waals surface area contributed by atoms with Gasteiger partial charge >= 0.3 is 0 Å². The molecule has 2 nitrogen and oxygen atoms in total. The summed E-state index contributed by atoms with van der Waals surface area (Å²) in [6, 6.07) is 10.5. The maximum atomic E-state index is 10.6. The van der Waals surface area contributed by atoms with E-state index in [0.717, 1.165) is 25.9 Å². The van der Waals surface area contributed by atoms with Gasteiger partial charge in [-0.25, -0.2) is 0 Å². The highest BCUT2D eigenvalue weighted by atomic mass is 16.3. The number of hydrogen-bond donors (Lipinski definition) is 1. The summed E-state index contributed by atoms with van der Waals surface area (Å²) in [5, 5.41) is 10.6. The number of benzene rings is 1. The van der Waals surface area contributed by atoms with Crippen LogP contribution in [0, 0.1) is 5.41 Å². The zero-order valence-corrected chi connectivity index (χ0v) is 11.1. The number of anilines is 1. The Morgan fingerprint density at radius 3 is 2.06 bits per heavy atom. The lowest BCUT2D eigenvalue weighted by Crippen LogP contribution is -2.51. The van der Waals surface area contributed by atoms with Crippen molar-refractivity contribution in [3.63, 3.8) is 0 Å². The fourth-order valence-corrected chi connectivity index (χ4v) is 2.52. The largest absolute Gasteiger partial charge is 0.389 e. The Morgan fingerprint density at radius 2 is 1.59 bits per heavy atom. The average molecular weight is 233 g/mol. The van der Waals surface area contributed by atoms with E-state index in [4.69, 9.17) is 0 Å². The molecule has 0 unspecified atom stereocenters. The number of hydrogen-bond acceptors (Lipinski definition) is 2. The van der Waals surface area contributed by atoms with Crippen LogP contribution in [0.15, 0.2) is 30.3 Å². The molecule has 1 aliphatic rings. The van der Waals surface area contributed by atoms with Gasteiger partial charge in [-0.15, -0.1) is 0 Å². The minimum Gasteiger partial charge on any atom is -0.389 e. The minimum absolute atomic E-state index is 0.0320. The van der Waals surface area contributed by atoms with E-state index in [-0.39, 0.29) is 5.41 Å². The van der Waals surface area contributed by atoms with Gasteiger partial charge in [0.05, 0.1) is 5.60 Å². The molecule has 2 rings (SSSR count). The van der Waals surface area contributed by atoms with Gasteiger partial charge in [0.2, 0.25) is 0 Å². The number of nitrogens with zero attached hydrogens (tertiary/aromatic N) is 1. The fraction of sp³-hybridized carbons (Fsp3) is 0.600. The Labute approximate surface area is 104 Å². The smallest absolute Gasteiger partial charge is 0.0729 e. The van der Waals surface area contributed by atoms with E-state index >= 15 is 0 Å². The van der Waals surface area contributed by atoms with Crippen LogP contribution >= 0.6 is 0 Å². The molecule has 2 heteroatoms. The summed E-state index contributed by atoms with van der Waals surface area (Å²) in [7, 11) is 0. The van der Waals surface area contributed by atoms with E-state index < -0.39 is 5.60 Å². The molecule has 0 saturated carbocycles. The zero-order chi connectivity index (χ0) is 12.5. The van der Waals surface area contributed by atoms with Crippen LogP contribution in [0.5, 0.6) is 0 Å². The molecule has 0 spiro atoms. The van der Waals surface area contributed by atoms with Gasteiger partial charge in [0.1, 0.15) is 0 Å². The highest BCUT2D eigenvalue weighted by molar-refractivity contribution is 5.46. The highest BCUT2D eigenvalue weighted by Crippen LogP contribution is 2.39. The van der Waals surface area contributed by atoms with E-state index in [2.05, 4.69) is 49.9 Å². The first-order valence-corrected chi connectivity index (χ1v) is 6.45. The summed E-state index contributed by atoms with van der Waals surface area (Å²) in [4.78, 5) is 2.36. The molecule has 0 aromatic heterocycles. The Kier molecular flexibility index (Phi) is 3.17. The molecular formula is C15H23NO. The molecule has 0 aliphatic carbocycles. The molecule has 1 saturated heterocycles. The molecule has 1 aromatic carbocycles. The monoisotopic (exact) mass is 233 g/mol. The van der Waals surface area contributed by atoms with Crippen LogP contribution in [0.3, 0.4) is 0 Å². The third kappa shape index (κ3) is 2.47. The van der Waals surface area contributed by atoms with Crippen LogP contribution in [0.2, 0.25) is 0 Å².